The minimum absolute atomic E-state index is 0.0417. The molecule has 0 unspecified atom stereocenters. The molecule has 2 rings (SSSR count). The summed E-state index contributed by atoms with van der Waals surface area (Å²) in [6, 6.07) is 3.77. The van der Waals surface area contributed by atoms with Crippen molar-refractivity contribution in [1.82, 2.24) is 9.80 Å². The maximum absolute atomic E-state index is 12.2. The first kappa shape index (κ1) is 13.7. The lowest BCUT2D eigenvalue weighted by molar-refractivity contribution is 0.0667. The van der Waals surface area contributed by atoms with E-state index in [1.807, 2.05) is 24.4 Å². The van der Waals surface area contributed by atoms with Gasteiger partial charge in [0.05, 0.1) is 17.5 Å². The number of aliphatic hydroxyl groups excluding tert-OH is 1. The minimum Gasteiger partial charge on any atom is -0.395 e. The van der Waals surface area contributed by atoms with Crippen LogP contribution in [0.5, 0.6) is 0 Å². The summed E-state index contributed by atoms with van der Waals surface area (Å²) >= 11 is 1.51. The van der Waals surface area contributed by atoms with Gasteiger partial charge in [0.2, 0.25) is 0 Å². The number of ketones is 1. The van der Waals surface area contributed by atoms with Gasteiger partial charge in [-0.05, 0) is 18.4 Å². The van der Waals surface area contributed by atoms with Crippen LogP contribution in [0.3, 0.4) is 0 Å². The lowest BCUT2D eigenvalue weighted by atomic mass is 10.1. The molecule has 18 heavy (non-hydrogen) atoms. The number of thiophene rings is 1. The third-order valence-electron chi connectivity index (χ3n) is 3.51. The Balaban J connectivity index is 1.87. The van der Waals surface area contributed by atoms with E-state index in [1.165, 1.54) is 11.3 Å². The van der Waals surface area contributed by atoms with E-state index < -0.39 is 0 Å². The molecular formula is C13H20N2O2S. The second-order valence-corrected chi connectivity index (χ2v) is 5.57. The number of nitrogens with zero attached hydrogens (tertiary/aromatic N) is 2. The second-order valence-electron chi connectivity index (χ2n) is 4.62. The first-order chi connectivity index (χ1) is 8.72. The normalized spacial score (nSPS) is 19.9. The Kier molecular flexibility index (Phi) is 4.88. The van der Waals surface area contributed by atoms with E-state index in [4.69, 9.17) is 5.11 Å². The monoisotopic (exact) mass is 268 g/mol. The standard InChI is InChI=1S/C13H20N2O2S/c1-11(13(17)12-3-2-10-18-12)15-6-4-14(5-7-15)8-9-16/h2-3,10-11,16H,4-9H2,1H3/t11-/m0/s1. The fourth-order valence-electron chi connectivity index (χ4n) is 2.31. The smallest absolute Gasteiger partial charge is 0.189 e. The predicted molar refractivity (Wildman–Crippen MR) is 73.2 cm³/mol. The van der Waals surface area contributed by atoms with Crippen LogP contribution < -0.4 is 0 Å². The largest absolute Gasteiger partial charge is 0.395 e. The lowest BCUT2D eigenvalue weighted by Gasteiger charge is -2.37. The third-order valence-corrected chi connectivity index (χ3v) is 4.40. The van der Waals surface area contributed by atoms with Gasteiger partial charge < -0.3 is 5.11 Å². The van der Waals surface area contributed by atoms with E-state index in [0.29, 0.717) is 0 Å². The van der Waals surface area contributed by atoms with Crippen molar-refractivity contribution in [3.63, 3.8) is 0 Å². The Morgan fingerprint density at radius 3 is 2.72 bits per heavy atom. The summed E-state index contributed by atoms with van der Waals surface area (Å²) in [5.74, 6) is 0.223. The van der Waals surface area contributed by atoms with Crippen molar-refractivity contribution < 1.29 is 9.90 Å². The van der Waals surface area contributed by atoms with Gasteiger partial charge in [0.1, 0.15) is 0 Å². The second kappa shape index (κ2) is 6.43. The number of rotatable bonds is 5. The molecule has 0 aromatic carbocycles. The number of piperazine rings is 1. The lowest BCUT2D eigenvalue weighted by Crippen LogP contribution is -2.52. The molecule has 0 bridgehead atoms. The highest BCUT2D eigenvalue weighted by molar-refractivity contribution is 7.12. The van der Waals surface area contributed by atoms with Gasteiger partial charge in [-0.15, -0.1) is 11.3 Å². The zero-order valence-electron chi connectivity index (χ0n) is 10.7. The van der Waals surface area contributed by atoms with E-state index in [1.54, 1.807) is 0 Å². The molecule has 100 valence electrons. The van der Waals surface area contributed by atoms with Gasteiger partial charge in [0.15, 0.2) is 5.78 Å². The zero-order valence-corrected chi connectivity index (χ0v) is 11.5. The molecule has 0 aliphatic carbocycles. The molecule has 1 N–H and O–H groups in total. The number of Topliss-reactive ketones (excluding diaryl/α,β-unsaturated/α-hetero) is 1. The molecule has 1 fully saturated rings. The first-order valence-electron chi connectivity index (χ1n) is 6.37. The van der Waals surface area contributed by atoms with Crippen molar-refractivity contribution in [2.75, 3.05) is 39.3 Å². The summed E-state index contributed by atoms with van der Waals surface area (Å²) in [7, 11) is 0. The van der Waals surface area contributed by atoms with Crippen LogP contribution in [-0.2, 0) is 0 Å². The van der Waals surface area contributed by atoms with Gasteiger partial charge in [-0.25, -0.2) is 0 Å². The number of β-amino-alcohol motifs (C(OH)–C–C–N with tert-alkyl or cyclic N) is 1. The Hall–Kier alpha value is -0.750. The van der Waals surface area contributed by atoms with Crippen molar-refractivity contribution in [3.8, 4) is 0 Å². The molecule has 0 amide bonds. The maximum Gasteiger partial charge on any atom is 0.189 e. The Bertz CT molecular complexity index is 372. The molecule has 4 nitrogen and oxygen atoms in total. The number of hydrogen-bond donors (Lipinski definition) is 1. The highest BCUT2D eigenvalue weighted by atomic mass is 32.1. The minimum atomic E-state index is -0.0417. The first-order valence-corrected chi connectivity index (χ1v) is 7.25. The van der Waals surface area contributed by atoms with Crippen LogP contribution in [0.4, 0.5) is 0 Å². The fourth-order valence-corrected chi connectivity index (χ4v) is 3.05. The SMILES string of the molecule is C[C@@H](C(=O)c1cccs1)N1CCN(CCO)CC1. The van der Waals surface area contributed by atoms with Crippen molar-refractivity contribution in [2.24, 2.45) is 0 Å². The number of carbonyl (C=O) groups excluding carboxylic acids is 1. The van der Waals surface area contributed by atoms with Crippen molar-refractivity contribution >= 4 is 17.1 Å². The highest BCUT2D eigenvalue weighted by Crippen LogP contribution is 2.15. The van der Waals surface area contributed by atoms with E-state index >= 15 is 0 Å². The van der Waals surface area contributed by atoms with Gasteiger partial charge in [0.25, 0.3) is 0 Å². The molecule has 0 radical (unpaired) electrons. The Labute approximate surface area is 112 Å². The Morgan fingerprint density at radius 2 is 2.17 bits per heavy atom. The summed E-state index contributed by atoms with van der Waals surface area (Å²) in [6.07, 6.45) is 0. The van der Waals surface area contributed by atoms with E-state index in [9.17, 15) is 4.79 Å². The van der Waals surface area contributed by atoms with Crippen molar-refractivity contribution in [3.05, 3.63) is 22.4 Å². The van der Waals surface area contributed by atoms with Crippen LogP contribution in [0.1, 0.15) is 16.6 Å². The van der Waals surface area contributed by atoms with Crippen LogP contribution in [0.2, 0.25) is 0 Å². The summed E-state index contributed by atoms with van der Waals surface area (Å²) in [5, 5.41) is 10.8. The number of carbonyl (C=O) groups is 1. The highest BCUT2D eigenvalue weighted by Gasteiger charge is 2.26. The molecule has 5 heteroatoms. The summed E-state index contributed by atoms with van der Waals surface area (Å²) < 4.78 is 0. The van der Waals surface area contributed by atoms with Crippen LogP contribution in [-0.4, -0.2) is 66.1 Å². The van der Waals surface area contributed by atoms with Crippen LogP contribution in [0.15, 0.2) is 17.5 Å². The summed E-state index contributed by atoms with van der Waals surface area (Å²) in [4.78, 5) is 17.5. The van der Waals surface area contributed by atoms with E-state index in [2.05, 4.69) is 9.80 Å². The van der Waals surface area contributed by atoms with Crippen LogP contribution in [0.25, 0.3) is 0 Å². The quantitative estimate of drug-likeness (QED) is 0.807. The average molecular weight is 268 g/mol. The molecule has 2 heterocycles. The topological polar surface area (TPSA) is 43.8 Å². The van der Waals surface area contributed by atoms with Crippen molar-refractivity contribution in [2.45, 2.75) is 13.0 Å². The third kappa shape index (κ3) is 3.17. The van der Waals surface area contributed by atoms with Crippen LogP contribution in [0, 0.1) is 0 Å². The molecule has 1 atom stereocenters. The van der Waals surface area contributed by atoms with E-state index in [-0.39, 0.29) is 18.4 Å². The molecule has 0 spiro atoms. The van der Waals surface area contributed by atoms with Gasteiger partial charge in [0, 0.05) is 32.7 Å². The molecule has 1 aliphatic heterocycles. The molecule has 1 aliphatic rings. The van der Waals surface area contributed by atoms with Gasteiger partial charge in [-0.2, -0.15) is 0 Å². The van der Waals surface area contributed by atoms with Crippen LogP contribution >= 0.6 is 11.3 Å². The van der Waals surface area contributed by atoms with Crippen molar-refractivity contribution in [1.29, 1.82) is 0 Å². The van der Waals surface area contributed by atoms with Gasteiger partial charge in [-0.1, -0.05) is 6.07 Å². The number of aliphatic hydroxyl groups is 1. The average Bonchev–Trinajstić information content (AvgIpc) is 2.92. The maximum atomic E-state index is 12.2. The van der Waals surface area contributed by atoms with Gasteiger partial charge >= 0.3 is 0 Å². The zero-order chi connectivity index (χ0) is 13.0. The Morgan fingerprint density at radius 1 is 1.44 bits per heavy atom. The molecule has 1 saturated heterocycles. The molecule has 1 aromatic heterocycles. The van der Waals surface area contributed by atoms with E-state index in [0.717, 1.165) is 37.6 Å². The molecule has 0 saturated carbocycles. The fraction of sp³-hybridized carbons (Fsp3) is 0.615. The summed E-state index contributed by atoms with van der Waals surface area (Å²) in [6.45, 7) is 6.61. The number of hydrogen-bond acceptors (Lipinski definition) is 5. The predicted octanol–water partition coefficient (Wildman–Crippen LogP) is 0.929. The molecular weight excluding hydrogens is 248 g/mol. The summed E-state index contributed by atoms with van der Waals surface area (Å²) in [5.41, 5.74) is 0. The molecule has 1 aromatic rings. The van der Waals surface area contributed by atoms with Gasteiger partial charge in [-0.3, -0.25) is 14.6 Å².